The van der Waals surface area contributed by atoms with Gasteiger partial charge in [0.25, 0.3) is 5.56 Å². The third-order valence-corrected chi connectivity index (χ3v) is 3.09. The highest BCUT2D eigenvalue weighted by atomic mass is 16.5. The highest BCUT2D eigenvalue weighted by Gasteiger charge is 2.03. The van der Waals surface area contributed by atoms with Crippen LogP contribution in [0.5, 0.6) is 5.88 Å². The van der Waals surface area contributed by atoms with E-state index < -0.39 is 0 Å². The Morgan fingerprint density at radius 1 is 1.15 bits per heavy atom. The summed E-state index contributed by atoms with van der Waals surface area (Å²) in [4.78, 5) is 18.7. The van der Waals surface area contributed by atoms with E-state index in [0.717, 1.165) is 10.9 Å². The second-order valence-electron chi connectivity index (χ2n) is 4.64. The summed E-state index contributed by atoms with van der Waals surface area (Å²) in [5.41, 5.74) is 2.18. The van der Waals surface area contributed by atoms with Crippen molar-refractivity contribution in [2.45, 2.75) is 13.5 Å². The third kappa shape index (κ3) is 2.54. The Labute approximate surface area is 116 Å². The number of aromatic amines is 1. The molecule has 1 N–H and O–H groups in total. The van der Waals surface area contributed by atoms with Crippen LogP contribution >= 0.6 is 0 Å². The lowest BCUT2D eigenvalue weighted by atomic mass is 10.2. The second-order valence-corrected chi connectivity index (χ2v) is 4.64. The molecule has 4 heteroatoms. The number of pyridine rings is 2. The van der Waals surface area contributed by atoms with Gasteiger partial charge >= 0.3 is 0 Å². The van der Waals surface area contributed by atoms with Crippen LogP contribution in [0.2, 0.25) is 0 Å². The SMILES string of the molecule is Cc1cc2ccc(OCc3ccccc3)nc2[nH]c1=O. The lowest BCUT2D eigenvalue weighted by molar-refractivity contribution is 0.295. The van der Waals surface area contributed by atoms with Gasteiger partial charge in [0.1, 0.15) is 12.3 Å². The van der Waals surface area contributed by atoms with E-state index in [0.29, 0.717) is 23.7 Å². The summed E-state index contributed by atoms with van der Waals surface area (Å²) >= 11 is 0. The molecule has 4 nitrogen and oxygen atoms in total. The molecule has 0 unspecified atom stereocenters. The average Bonchev–Trinajstić information content (AvgIpc) is 2.47. The van der Waals surface area contributed by atoms with E-state index in [4.69, 9.17) is 4.74 Å². The highest BCUT2D eigenvalue weighted by molar-refractivity contribution is 5.75. The summed E-state index contributed by atoms with van der Waals surface area (Å²) < 4.78 is 5.64. The molecule has 2 heterocycles. The van der Waals surface area contributed by atoms with Crippen LogP contribution in [-0.2, 0) is 6.61 Å². The van der Waals surface area contributed by atoms with Gasteiger partial charge in [-0.2, -0.15) is 4.98 Å². The minimum absolute atomic E-state index is 0.120. The summed E-state index contributed by atoms with van der Waals surface area (Å²) in [5.74, 6) is 0.501. The van der Waals surface area contributed by atoms with Gasteiger partial charge in [0, 0.05) is 17.0 Å². The van der Waals surface area contributed by atoms with Crippen molar-refractivity contribution in [2.24, 2.45) is 0 Å². The van der Waals surface area contributed by atoms with Gasteiger partial charge in [0.15, 0.2) is 0 Å². The van der Waals surface area contributed by atoms with Gasteiger partial charge < -0.3 is 9.72 Å². The Balaban J connectivity index is 1.86. The molecule has 0 atom stereocenters. The molecule has 0 spiro atoms. The van der Waals surface area contributed by atoms with Crippen molar-refractivity contribution in [3.05, 3.63) is 70.0 Å². The van der Waals surface area contributed by atoms with E-state index in [1.165, 1.54) is 0 Å². The fourth-order valence-corrected chi connectivity index (χ4v) is 1.99. The van der Waals surface area contributed by atoms with Crippen LogP contribution in [0.3, 0.4) is 0 Å². The minimum Gasteiger partial charge on any atom is -0.473 e. The molecule has 0 saturated carbocycles. The van der Waals surface area contributed by atoms with Crippen molar-refractivity contribution in [3.8, 4) is 5.88 Å². The third-order valence-electron chi connectivity index (χ3n) is 3.09. The van der Waals surface area contributed by atoms with E-state index in [9.17, 15) is 4.79 Å². The van der Waals surface area contributed by atoms with Crippen LogP contribution in [-0.4, -0.2) is 9.97 Å². The molecule has 0 aliphatic rings. The fourth-order valence-electron chi connectivity index (χ4n) is 1.99. The number of H-pyrrole nitrogens is 1. The molecule has 0 amide bonds. The molecule has 20 heavy (non-hydrogen) atoms. The summed E-state index contributed by atoms with van der Waals surface area (Å²) in [6.07, 6.45) is 0. The lowest BCUT2D eigenvalue weighted by Gasteiger charge is -2.06. The van der Waals surface area contributed by atoms with Crippen molar-refractivity contribution in [3.63, 3.8) is 0 Å². The molecule has 3 rings (SSSR count). The number of aromatic nitrogens is 2. The zero-order valence-corrected chi connectivity index (χ0v) is 11.1. The Bertz CT molecular complexity index is 794. The monoisotopic (exact) mass is 266 g/mol. The number of hydrogen-bond donors (Lipinski definition) is 1. The largest absolute Gasteiger partial charge is 0.473 e. The van der Waals surface area contributed by atoms with Gasteiger partial charge in [-0.3, -0.25) is 4.79 Å². The van der Waals surface area contributed by atoms with E-state index in [1.807, 2.05) is 48.5 Å². The van der Waals surface area contributed by atoms with Gasteiger partial charge in [-0.1, -0.05) is 30.3 Å². The van der Waals surface area contributed by atoms with Crippen molar-refractivity contribution in [1.29, 1.82) is 0 Å². The molecule has 0 radical (unpaired) electrons. The predicted molar refractivity (Wildman–Crippen MR) is 77.9 cm³/mol. The first-order chi connectivity index (χ1) is 9.72. The van der Waals surface area contributed by atoms with Crippen molar-refractivity contribution < 1.29 is 4.74 Å². The van der Waals surface area contributed by atoms with Crippen molar-refractivity contribution in [2.75, 3.05) is 0 Å². The van der Waals surface area contributed by atoms with Crippen LogP contribution in [0, 0.1) is 6.92 Å². The lowest BCUT2D eigenvalue weighted by Crippen LogP contribution is -2.09. The van der Waals surface area contributed by atoms with E-state index in [-0.39, 0.29) is 5.56 Å². The Morgan fingerprint density at radius 2 is 1.95 bits per heavy atom. The zero-order chi connectivity index (χ0) is 13.9. The quantitative estimate of drug-likeness (QED) is 0.793. The maximum Gasteiger partial charge on any atom is 0.252 e. The molecule has 2 aromatic heterocycles. The number of ether oxygens (including phenoxy) is 1. The van der Waals surface area contributed by atoms with Gasteiger partial charge in [-0.25, -0.2) is 0 Å². The molecule has 1 aromatic carbocycles. The normalized spacial score (nSPS) is 10.7. The first-order valence-electron chi connectivity index (χ1n) is 6.40. The average molecular weight is 266 g/mol. The van der Waals surface area contributed by atoms with Gasteiger partial charge in [0.2, 0.25) is 5.88 Å². The molecule has 0 aliphatic heterocycles. The number of fused-ring (bicyclic) bond motifs is 1. The molecule has 0 saturated heterocycles. The van der Waals surface area contributed by atoms with Crippen LogP contribution in [0.1, 0.15) is 11.1 Å². The second kappa shape index (κ2) is 5.17. The molecule has 0 fully saturated rings. The van der Waals surface area contributed by atoms with E-state index in [1.54, 1.807) is 6.92 Å². The Kier molecular flexibility index (Phi) is 3.21. The Hall–Kier alpha value is -2.62. The molecule has 100 valence electrons. The summed E-state index contributed by atoms with van der Waals surface area (Å²) in [7, 11) is 0. The number of benzene rings is 1. The Morgan fingerprint density at radius 3 is 2.75 bits per heavy atom. The maximum absolute atomic E-state index is 11.6. The first-order valence-corrected chi connectivity index (χ1v) is 6.40. The number of rotatable bonds is 3. The van der Waals surface area contributed by atoms with Crippen LogP contribution in [0.25, 0.3) is 11.0 Å². The van der Waals surface area contributed by atoms with Gasteiger partial charge in [-0.05, 0) is 24.6 Å². The number of hydrogen-bond acceptors (Lipinski definition) is 3. The minimum atomic E-state index is -0.120. The van der Waals surface area contributed by atoms with Crippen LogP contribution < -0.4 is 10.3 Å². The summed E-state index contributed by atoms with van der Waals surface area (Å²) in [6.45, 7) is 2.23. The van der Waals surface area contributed by atoms with Gasteiger partial charge in [0.05, 0.1) is 0 Å². The van der Waals surface area contributed by atoms with Crippen molar-refractivity contribution in [1.82, 2.24) is 9.97 Å². The van der Waals surface area contributed by atoms with E-state index in [2.05, 4.69) is 9.97 Å². The summed E-state index contributed by atoms with van der Waals surface area (Å²) in [6, 6.07) is 15.4. The van der Waals surface area contributed by atoms with E-state index >= 15 is 0 Å². The zero-order valence-electron chi connectivity index (χ0n) is 11.1. The number of aryl methyl sites for hydroxylation is 1. The van der Waals surface area contributed by atoms with Crippen LogP contribution in [0.4, 0.5) is 0 Å². The summed E-state index contributed by atoms with van der Waals surface area (Å²) in [5, 5.41) is 0.897. The predicted octanol–water partition coefficient (Wildman–Crippen LogP) is 2.81. The number of nitrogens with one attached hydrogen (secondary N) is 1. The molecular weight excluding hydrogens is 252 g/mol. The topological polar surface area (TPSA) is 55.0 Å². The number of nitrogens with zero attached hydrogens (tertiary/aromatic N) is 1. The van der Waals surface area contributed by atoms with Crippen molar-refractivity contribution >= 4 is 11.0 Å². The molecule has 0 aliphatic carbocycles. The molecule has 0 bridgehead atoms. The fraction of sp³-hybridized carbons (Fsp3) is 0.125. The van der Waals surface area contributed by atoms with Crippen LogP contribution in [0.15, 0.2) is 53.3 Å². The molecular formula is C16H14N2O2. The maximum atomic E-state index is 11.6. The standard InChI is InChI=1S/C16H14N2O2/c1-11-9-13-7-8-14(17-15(13)18-16(11)19)20-10-12-5-3-2-4-6-12/h2-9H,10H2,1H3,(H,17,18,19). The first kappa shape index (κ1) is 12.4. The van der Waals surface area contributed by atoms with Gasteiger partial charge in [-0.15, -0.1) is 0 Å². The molecule has 3 aromatic rings. The smallest absolute Gasteiger partial charge is 0.252 e. The highest BCUT2D eigenvalue weighted by Crippen LogP contribution is 2.15.